The molecule has 2 unspecified atom stereocenters. The number of likely N-dealkylation sites (tertiary alicyclic amines) is 1. The van der Waals surface area contributed by atoms with Gasteiger partial charge in [-0.2, -0.15) is 11.8 Å². The SMILES string of the molecule is CC(C)CSCCCN1CCC(C(C)O)C1. The van der Waals surface area contributed by atoms with Crippen LogP contribution in [-0.2, 0) is 0 Å². The monoisotopic (exact) mass is 245 g/mol. The van der Waals surface area contributed by atoms with Gasteiger partial charge in [-0.05, 0) is 56.2 Å². The smallest absolute Gasteiger partial charge is 0.0552 e. The number of thioether (sulfide) groups is 1. The fourth-order valence-corrected chi connectivity index (χ4v) is 3.14. The number of hydrogen-bond donors (Lipinski definition) is 1. The number of hydrogen-bond acceptors (Lipinski definition) is 3. The van der Waals surface area contributed by atoms with Gasteiger partial charge in [0.1, 0.15) is 0 Å². The highest BCUT2D eigenvalue weighted by molar-refractivity contribution is 7.99. The van der Waals surface area contributed by atoms with E-state index in [4.69, 9.17) is 0 Å². The molecule has 2 atom stereocenters. The van der Waals surface area contributed by atoms with Crippen molar-refractivity contribution in [3.05, 3.63) is 0 Å². The highest BCUT2D eigenvalue weighted by atomic mass is 32.2. The van der Waals surface area contributed by atoms with Gasteiger partial charge >= 0.3 is 0 Å². The second-order valence-corrected chi connectivity index (χ2v) is 6.56. The topological polar surface area (TPSA) is 23.5 Å². The summed E-state index contributed by atoms with van der Waals surface area (Å²) in [6, 6.07) is 0. The van der Waals surface area contributed by atoms with Crippen LogP contribution in [0.25, 0.3) is 0 Å². The minimum Gasteiger partial charge on any atom is -0.393 e. The maximum atomic E-state index is 9.51. The van der Waals surface area contributed by atoms with Gasteiger partial charge in [0.2, 0.25) is 0 Å². The second kappa shape index (κ2) is 7.57. The van der Waals surface area contributed by atoms with Gasteiger partial charge in [-0.15, -0.1) is 0 Å². The minimum absolute atomic E-state index is 0.125. The summed E-state index contributed by atoms with van der Waals surface area (Å²) in [5.74, 6) is 3.91. The summed E-state index contributed by atoms with van der Waals surface area (Å²) in [5.41, 5.74) is 0. The molecule has 1 N–H and O–H groups in total. The van der Waals surface area contributed by atoms with Crippen LogP contribution in [-0.4, -0.2) is 47.3 Å². The van der Waals surface area contributed by atoms with E-state index in [1.807, 2.05) is 6.92 Å². The normalized spacial score (nSPS) is 24.2. The Labute approximate surface area is 105 Å². The zero-order chi connectivity index (χ0) is 12.0. The highest BCUT2D eigenvalue weighted by Gasteiger charge is 2.25. The molecule has 0 aromatic heterocycles. The van der Waals surface area contributed by atoms with E-state index in [2.05, 4.69) is 30.5 Å². The Morgan fingerprint density at radius 3 is 2.69 bits per heavy atom. The first-order valence-electron chi connectivity index (χ1n) is 6.57. The average molecular weight is 245 g/mol. The molecule has 1 aliphatic heterocycles. The third-order valence-electron chi connectivity index (χ3n) is 3.21. The van der Waals surface area contributed by atoms with Gasteiger partial charge in [0.05, 0.1) is 6.10 Å². The third-order valence-corrected chi connectivity index (χ3v) is 4.68. The molecule has 0 radical (unpaired) electrons. The molecule has 0 aromatic rings. The van der Waals surface area contributed by atoms with Crippen LogP contribution in [0.4, 0.5) is 0 Å². The summed E-state index contributed by atoms with van der Waals surface area (Å²) in [5, 5.41) is 9.51. The predicted octanol–water partition coefficient (Wildman–Crippen LogP) is 2.47. The summed E-state index contributed by atoms with van der Waals surface area (Å²) in [7, 11) is 0. The summed E-state index contributed by atoms with van der Waals surface area (Å²) in [6.07, 6.45) is 2.35. The first-order valence-corrected chi connectivity index (χ1v) is 7.73. The van der Waals surface area contributed by atoms with Crippen molar-refractivity contribution in [1.29, 1.82) is 0 Å². The molecule has 0 bridgehead atoms. The van der Waals surface area contributed by atoms with Crippen LogP contribution in [0.1, 0.15) is 33.6 Å². The van der Waals surface area contributed by atoms with Crippen LogP contribution in [0, 0.1) is 11.8 Å². The van der Waals surface area contributed by atoms with Crippen LogP contribution in [0.2, 0.25) is 0 Å². The highest BCUT2D eigenvalue weighted by Crippen LogP contribution is 2.20. The van der Waals surface area contributed by atoms with Crippen molar-refractivity contribution in [1.82, 2.24) is 4.90 Å². The molecular weight excluding hydrogens is 218 g/mol. The third kappa shape index (κ3) is 5.55. The van der Waals surface area contributed by atoms with E-state index in [0.29, 0.717) is 5.92 Å². The molecule has 2 nitrogen and oxygen atoms in total. The molecule has 1 rings (SSSR count). The number of aliphatic hydroxyl groups excluding tert-OH is 1. The summed E-state index contributed by atoms with van der Waals surface area (Å²) >= 11 is 2.08. The molecule has 96 valence electrons. The number of rotatable bonds is 7. The number of aliphatic hydroxyl groups is 1. The van der Waals surface area contributed by atoms with Crippen molar-refractivity contribution < 1.29 is 5.11 Å². The quantitative estimate of drug-likeness (QED) is 0.697. The first kappa shape index (κ1) is 14.3. The average Bonchev–Trinajstić information content (AvgIpc) is 2.65. The molecule has 1 heterocycles. The van der Waals surface area contributed by atoms with E-state index in [9.17, 15) is 5.11 Å². The summed E-state index contributed by atoms with van der Waals surface area (Å²) in [4.78, 5) is 2.51. The van der Waals surface area contributed by atoms with Crippen molar-refractivity contribution >= 4 is 11.8 Å². The standard InChI is InChI=1S/C13H27NOS/c1-11(2)10-16-8-4-6-14-7-5-13(9-14)12(3)15/h11-13,15H,4-10H2,1-3H3. The second-order valence-electron chi connectivity index (χ2n) is 5.41. The Morgan fingerprint density at radius 1 is 1.38 bits per heavy atom. The van der Waals surface area contributed by atoms with E-state index in [1.165, 1.54) is 37.4 Å². The van der Waals surface area contributed by atoms with Crippen molar-refractivity contribution in [2.24, 2.45) is 11.8 Å². The van der Waals surface area contributed by atoms with Crippen molar-refractivity contribution in [2.45, 2.75) is 39.7 Å². The van der Waals surface area contributed by atoms with Crippen LogP contribution < -0.4 is 0 Å². The van der Waals surface area contributed by atoms with Gasteiger partial charge in [-0.1, -0.05) is 13.8 Å². The van der Waals surface area contributed by atoms with Crippen LogP contribution in [0.5, 0.6) is 0 Å². The lowest BCUT2D eigenvalue weighted by molar-refractivity contribution is 0.128. The van der Waals surface area contributed by atoms with Gasteiger partial charge < -0.3 is 10.0 Å². The molecule has 0 spiro atoms. The van der Waals surface area contributed by atoms with Gasteiger partial charge in [-0.25, -0.2) is 0 Å². The van der Waals surface area contributed by atoms with E-state index in [-0.39, 0.29) is 6.10 Å². The van der Waals surface area contributed by atoms with Gasteiger partial charge in [0.15, 0.2) is 0 Å². The maximum Gasteiger partial charge on any atom is 0.0552 e. The lowest BCUT2D eigenvalue weighted by Crippen LogP contribution is -2.25. The Balaban J connectivity index is 1.98. The molecule has 16 heavy (non-hydrogen) atoms. The Kier molecular flexibility index (Phi) is 6.78. The largest absolute Gasteiger partial charge is 0.393 e. The van der Waals surface area contributed by atoms with Crippen molar-refractivity contribution in [3.8, 4) is 0 Å². The van der Waals surface area contributed by atoms with E-state index in [0.717, 1.165) is 12.5 Å². The molecular formula is C13H27NOS. The van der Waals surface area contributed by atoms with Crippen molar-refractivity contribution in [3.63, 3.8) is 0 Å². The van der Waals surface area contributed by atoms with E-state index in [1.54, 1.807) is 0 Å². The van der Waals surface area contributed by atoms with Crippen LogP contribution in [0.3, 0.4) is 0 Å². The fourth-order valence-electron chi connectivity index (χ4n) is 2.17. The summed E-state index contributed by atoms with van der Waals surface area (Å²) in [6.45, 7) is 9.99. The molecule has 0 amide bonds. The molecule has 0 aromatic carbocycles. The van der Waals surface area contributed by atoms with Gasteiger partial charge in [-0.3, -0.25) is 0 Å². The van der Waals surface area contributed by atoms with Crippen molar-refractivity contribution in [2.75, 3.05) is 31.1 Å². The minimum atomic E-state index is -0.125. The van der Waals surface area contributed by atoms with Crippen LogP contribution in [0.15, 0.2) is 0 Å². The summed E-state index contributed by atoms with van der Waals surface area (Å²) < 4.78 is 0. The molecule has 3 heteroatoms. The Bertz CT molecular complexity index is 185. The number of nitrogens with zero attached hydrogens (tertiary/aromatic N) is 1. The lowest BCUT2D eigenvalue weighted by atomic mass is 10.0. The molecule has 1 aliphatic rings. The van der Waals surface area contributed by atoms with E-state index < -0.39 is 0 Å². The zero-order valence-corrected chi connectivity index (χ0v) is 11.8. The Morgan fingerprint density at radius 2 is 2.12 bits per heavy atom. The van der Waals surface area contributed by atoms with Gasteiger partial charge in [0.25, 0.3) is 0 Å². The van der Waals surface area contributed by atoms with Crippen LogP contribution >= 0.6 is 11.8 Å². The lowest BCUT2D eigenvalue weighted by Gasteiger charge is -2.17. The maximum absolute atomic E-state index is 9.51. The molecule has 0 saturated carbocycles. The molecule has 0 aliphatic carbocycles. The first-order chi connectivity index (χ1) is 7.59. The van der Waals surface area contributed by atoms with Gasteiger partial charge in [0, 0.05) is 6.54 Å². The van der Waals surface area contributed by atoms with E-state index >= 15 is 0 Å². The predicted molar refractivity (Wildman–Crippen MR) is 73.0 cm³/mol. The molecule has 1 saturated heterocycles. The Hall–Kier alpha value is 0.270. The fraction of sp³-hybridized carbons (Fsp3) is 1.00. The zero-order valence-electron chi connectivity index (χ0n) is 11.0. The molecule has 1 fully saturated rings.